The Hall–Kier alpha value is -1.99. The van der Waals surface area contributed by atoms with Crippen LogP contribution in [-0.4, -0.2) is 40.5 Å². The summed E-state index contributed by atoms with van der Waals surface area (Å²) >= 11 is 0. The summed E-state index contributed by atoms with van der Waals surface area (Å²) in [5, 5.41) is 19.7. The zero-order valence-corrected chi connectivity index (χ0v) is 12.5. The molecule has 0 radical (unpaired) electrons. The molecule has 2 rings (SSSR count). The third kappa shape index (κ3) is 2.89. The van der Waals surface area contributed by atoms with Crippen LogP contribution >= 0.6 is 0 Å². The van der Waals surface area contributed by atoms with Gasteiger partial charge in [0, 0.05) is 5.39 Å². The van der Waals surface area contributed by atoms with Gasteiger partial charge in [-0.1, -0.05) is 18.2 Å². The van der Waals surface area contributed by atoms with Crippen molar-refractivity contribution in [1.82, 2.24) is 4.57 Å². The molecule has 2 aromatic rings. The fraction of sp³-hybridized carbons (Fsp3) is 0.357. The van der Waals surface area contributed by atoms with Crippen LogP contribution in [0.25, 0.3) is 10.9 Å². The minimum atomic E-state index is -1.76. The van der Waals surface area contributed by atoms with Gasteiger partial charge < -0.3 is 19.5 Å². The summed E-state index contributed by atoms with van der Waals surface area (Å²) in [5.41, 5.74) is -0.0449. The number of nitrogens with zero attached hydrogens (tertiary/aromatic N) is 1. The Bertz CT molecular complexity index is 672. The highest BCUT2D eigenvalue weighted by Gasteiger charge is 2.30. The highest BCUT2D eigenvalue weighted by atomic mass is 16.6. The summed E-state index contributed by atoms with van der Waals surface area (Å²) in [6, 6.07) is 6.87. The molecule has 7 heteroatoms. The number of hydrogen-bond donors (Lipinski definition) is 2. The summed E-state index contributed by atoms with van der Waals surface area (Å²) in [6.07, 6.45) is -0.637. The molecule has 0 atom stereocenters. The van der Waals surface area contributed by atoms with E-state index in [0.29, 0.717) is 10.9 Å². The molecule has 0 spiro atoms. The van der Waals surface area contributed by atoms with E-state index in [1.54, 1.807) is 45.0 Å². The van der Waals surface area contributed by atoms with Gasteiger partial charge in [0.05, 0.1) is 18.1 Å². The molecule has 2 N–H and O–H groups in total. The van der Waals surface area contributed by atoms with Crippen LogP contribution in [0, 0.1) is 0 Å². The van der Waals surface area contributed by atoms with Crippen molar-refractivity contribution in [2.24, 2.45) is 0 Å². The largest absolute Gasteiger partial charge is 0.494 e. The van der Waals surface area contributed by atoms with Crippen molar-refractivity contribution < 1.29 is 24.3 Å². The van der Waals surface area contributed by atoms with E-state index in [4.69, 9.17) is 9.47 Å². The normalized spacial score (nSPS) is 11.5. The van der Waals surface area contributed by atoms with Crippen LogP contribution in [0.1, 0.15) is 20.8 Å². The molecule has 1 heterocycles. The molecule has 1 aromatic heterocycles. The topological polar surface area (TPSA) is 80.9 Å². The lowest BCUT2D eigenvalue weighted by Crippen LogP contribution is -2.32. The number of rotatable bonds is 2. The van der Waals surface area contributed by atoms with E-state index >= 15 is 0 Å². The van der Waals surface area contributed by atoms with Crippen molar-refractivity contribution in [2.75, 3.05) is 7.11 Å². The number of hydrogen-bond acceptors (Lipinski definition) is 5. The molecule has 0 aliphatic carbocycles. The van der Waals surface area contributed by atoms with E-state index in [1.165, 1.54) is 11.7 Å². The Balaban J connectivity index is 2.70. The molecule has 0 amide bonds. The molecule has 0 aliphatic heterocycles. The van der Waals surface area contributed by atoms with Crippen LogP contribution in [0.4, 0.5) is 4.79 Å². The van der Waals surface area contributed by atoms with E-state index in [0.717, 1.165) is 0 Å². The van der Waals surface area contributed by atoms with E-state index in [2.05, 4.69) is 0 Å². The van der Waals surface area contributed by atoms with Crippen molar-refractivity contribution in [3.8, 4) is 5.88 Å². The minimum absolute atomic E-state index is 0.0560. The Morgan fingerprint density at radius 3 is 2.38 bits per heavy atom. The first-order chi connectivity index (χ1) is 9.76. The summed E-state index contributed by atoms with van der Waals surface area (Å²) in [6.45, 7) is 5.26. The maximum Gasteiger partial charge on any atom is 0.494 e. The Morgan fingerprint density at radius 1 is 1.24 bits per heavy atom. The number of ether oxygens (including phenoxy) is 2. The molecule has 0 bridgehead atoms. The van der Waals surface area contributed by atoms with Gasteiger partial charge in [-0.3, -0.25) is 0 Å². The van der Waals surface area contributed by atoms with Gasteiger partial charge in [-0.2, -0.15) is 0 Å². The second-order valence-electron chi connectivity index (χ2n) is 5.63. The fourth-order valence-corrected chi connectivity index (χ4v) is 2.18. The van der Waals surface area contributed by atoms with E-state index in [1.807, 2.05) is 0 Å². The van der Waals surface area contributed by atoms with Gasteiger partial charge in [-0.25, -0.2) is 9.36 Å². The first-order valence-corrected chi connectivity index (χ1v) is 6.53. The zero-order valence-electron chi connectivity index (χ0n) is 12.5. The summed E-state index contributed by atoms with van der Waals surface area (Å²) in [5.74, 6) is 0.0560. The first kappa shape index (κ1) is 15.4. The fourth-order valence-electron chi connectivity index (χ4n) is 2.18. The van der Waals surface area contributed by atoms with Crippen LogP contribution < -0.4 is 10.2 Å². The number of carbonyl (C=O) groups excluding carboxylic acids is 1. The average Bonchev–Trinajstić information content (AvgIpc) is 2.70. The molecule has 112 valence electrons. The van der Waals surface area contributed by atoms with Crippen molar-refractivity contribution in [3.63, 3.8) is 0 Å². The van der Waals surface area contributed by atoms with Crippen molar-refractivity contribution in [2.45, 2.75) is 26.4 Å². The third-order valence-corrected chi connectivity index (χ3v) is 2.90. The highest BCUT2D eigenvalue weighted by molar-refractivity contribution is 6.63. The second kappa shape index (κ2) is 5.42. The smallest absolute Gasteiger partial charge is 0.482 e. The van der Waals surface area contributed by atoms with Gasteiger partial charge >= 0.3 is 13.2 Å². The molecule has 21 heavy (non-hydrogen) atoms. The lowest BCUT2D eigenvalue weighted by Gasteiger charge is -2.20. The molecule has 1 aromatic carbocycles. The lowest BCUT2D eigenvalue weighted by molar-refractivity contribution is 0.0533. The van der Waals surface area contributed by atoms with E-state index < -0.39 is 18.8 Å². The van der Waals surface area contributed by atoms with Crippen molar-refractivity contribution >= 4 is 29.6 Å². The maximum absolute atomic E-state index is 12.4. The Labute approximate surface area is 123 Å². The Kier molecular flexibility index (Phi) is 3.98. The van der Waals surface area contributed by atoms with Crippen LogP contribution in [0.2, 0.25) is 0 Å². The number of fused-ring (bicyclic) bond motifs is 1. The van der Waals surface area contributed by atoms with Crippen molar-refractivity contribution in [1.29, 1.82) is 0 Å². The zero-order chi connectivity index (χ0) is 15.8. The SMILES string of the molecule is COc1c(B(O)O)c2ccccc2n1C(=O)OC(C)(C)C. The molecule has 0 saturated carbocycles. The second-order valence-corrected chi connectivity index (χ2v) is 5.63. The van der Waals surface area contributed by atoms with Crippen LogP contribution in [0.15, 0.2) is 24.3 Å². The van der Waals surface area contributed by atoms with Gasteiger partial charge in [0.15, 0.2) is 0 Å². The monoisotopic (exact) mass is 291 g/mol. The van der Waals surface area contributed by atoms with Crippen LogP contribution in [-0.2, 0) is 4.74 Å². The molecule has 0 aliphatic rings. The minimum Gasteiger partial charge on any atom is -0.482 e. The van der Waals surface area contributed by atoms with Gasteiger partial charge in [0.1, 0.15) is 5.60 Å². The quantitative estimate of drug-likeness (QED) is 0.810. The molecule has 0 saturated heterocycles. The van der Waals surface area contributed by atoms with Crippen molar-refractivity contribution in [3.05, 3.63) is 24.3 Å². The van der Waals surface area contributed by atoms with Gasteiger partial charge in [-0.15, -0.1) is 0 Å². The lowest BCUT2D eigenvalue weighted by atomic mass is 9.79. The number of aromatic nitrogens is 1. The van der Waals surface area contributed by atoms with Crippen LogP contribution in [0.5, 0.6) is 5.88 Å². The Morgan fingerprint density at radius 2 is 1.86 bits per heavy atom. The molecule has 6 nitrogen and oxygen atoms in total. The number of benzene rings is 1. The maximum atomic E-state index is 12.4. The number of carbonyl (C=O) groups is 1. The predicted octanol–water partition coefficient (Wildman–Crippen LogP) is 1.11. The predicted molar refractivity (Wildman–Crippen MR) is 79.9 cm³/mol. The van der Waals surface area contributed by atoms with Gasteiger partial charge in [0.25, 0.3) is 0 Å². The van der Waals surface area contributed by atoms with Crippen LogP contribution in [0.3, 0.4) is 0 Å². The summed E-state index contributed by atoms with van der Waals surface area (Å²) in [4.78, 5) is 12.4. The first-order valence-electron chi connectivity index (χ1n) is 6.53. The number of methoxy groups -OCH3 is 1. The van der Waals surface area contributed by atoms with Gasteiger partial charge in [-0.05, 0) is 26.8 Å². The highest BCUT2D eigenvalue weighted by Crippen LogP contribution is 2.25. The van der Waals surface area contributed by atoms with E-state index in [-0.39, 0.29) is 11.3 Å². The molecule has 0 unspecified atom stereocenters. The summed E-state index contributed by atoms with van der Waals surface area (Å²) in [7, 11) is -0.394. The third-order valence-electron chi connectivity index (χ3n) is 2.90. The molecule has 0 fully saturated rings. The van der Waals surface area contributed by atoms with E-state index in [9.17, 15) is 14.8 Å². The molecular formula is C14H18BNO5. The van der Waals surface area contributed by atoms with Gasteiger partial charge in [0.2, 0.25) is 5.88 Å². The molecular weight excluding hydrogens is 273 g/mol. The average molecular weight is 291 g/mol. The summed E-state index contributed by atoms with van der Waals surface area (Å²) < 4.78 is 11.8. The standard InChI is InChI=1S/C14H18BNO5/c1-14(2,3)21-13(17)16-10-8-6-5-7-9(10)11(15(18)19)12(16)20-4/h5-8,18-19H,1-4H3. The number of para-hydroxylation sites is 1.